The number of hydrogen-bond donors (Lipinski definition) is 1. The Kier molecular flexibility index (Phi) is 3.48. The van der Waals surface area contributed by atoms with Crippen molar-refractivity contribution in [3.05, 3.63) is 65.9 Å². The summed E-state index contributed by atoms with van der Waals surface area (Å²) in [6.45, 7) is 1.23. The number of benzene rings is 1. The van der Waals surface area contributed by atoms with Gasteiger partial charge in [0.05, 0.1) is 6.20 Å². The second-order valence-electron chi connectivity index (χ2n) is 4.85. The Morgan fingerprint density at radius 3 is 2.85 bits per heavy atom. The van der Waals surface area contributed by atoms with Crippen LogP contribution >= 0.6 is 0 Å². The highest BCUT2D eigenvalue weighted by molar-refractivity contribution is 5.84. The minimum absolute atomic E-state index is 0.304. The number of hydrogen-bond acceptors (Lipinski definition) is 2. The third kappa shape index (κ3) is 2.42. The number of fused-ring (bicyclic) bond motifs is 1. The van der Waals surface area contributed by atoms with E-state index < -0.39 is 0 Å². The lowest BCUT2D eigenvalue weighted by atomic mass is 10.1. The van der Waals surface area contributed by atoms with Crippen molar-refractivity contribution in [2.24, 2.45) is 5.73 Å². The molecule has 0 saturated carbocycles. The summed E-state index contributed by atoms with van der Waals surface area (Å²) < 4.78 is 15.3. The first kappa shape index (κ1) is 12.8. The van der Waals surface area contributed by atoms with E-state index in [4.69, 9.17) is 5.73 Å². The van der Waals surface area contributed by atoms with E-state index in [0.29, 0.717) is 13.1 Å². The lowest BCUT2D eigenvalue weighted by Gasteiger charge is -2.05. The molecule has 0 fully saturated rings. The van der Waals surface area contributed by atoms with Crippen molar-refractivity contribution in [1.82, 2.24) is 9.55 Å². The van der Waals surface area contributed by atoms with Crippen LogP contribution in [0.25, 0.3) is 10.9 Å². The topological polar surface area (TPSA) is 43.8 Å². The molecule has 0 amide bonds. The molecule has 0 spiro atoms. The summed E-state index contributed by atoms with van der Waals surface area (Å²) in [6.07, 6.45) is 5.86. The van der Waals surface area contributed by atoms with E-state index in [0.717, 1.165) is 17.5 Å². The van der Waals surface area contributed by atoms with Crippen molar-refractivity contribution in [2.75, 3.05) is 6.54 Å². The molecule has 0 unspecified atom stereocenters. The van der Waals surface area contributed by atoms with Crippen molar-refractivity contribution in [3.8, 4) is 0 Å². The SMILES string of the molecule is NCCc1cn(Cc2cncc(F)c2)c2ccccc12. The van der Waals surface area contributed by atoms with Crippen molar-refractivity contribution in [1.29, 1.82) is 0 Å². The molecule has 3 rings (SSSR count). The number of nitrogens with zero attached hydrogens (tertiary/aromatic N) is 2. The van der Waals surface area contributed by atoms with Crippen LogP contribution < -0.4 is 5.73 Å². The summed E-state index contributed by atoms with van der Waals surface area (Å²) >= 11 is 0. The zero-order chi connectivity index (χ0) is 13.9. The van der Waals surface area contributed by atoms with Crippen LogP contribution in [-0.2, 0) is 13.0 Å². The molecule has 0 bridgehead atoms. The average molecular weight is 269 g/mol. The average Bonchev–Trinajstić information content (AvgIpc) is 2.78. The number of halogens is 1. The van der Waals surface area contributed by atoms with Crippen molar-refractivity contribution in [3.63, 3.8) is 0 Å². The maximum Gasteiger partial charge on any atom is 0.141 e. The first-order chi connectivity index (χ1) is 9.78. The predicted octanol–water partition coefficient (Wildman–Crippen LogP) is 2.72. The highest BCUT2D eigenvalue weighted by Crippen LogP contribution is 2.22. The van der Waals surface area contributed by atoms with Gasteiger partial charge in [-0.25, -0.2) is 4.39 Å². The van der Waals surface area contributed by atoms with Crippen LogP contribution in [0.15, 0.2) is 48.9 Å². The third-order valence-corrected chi connectivity index (χ3v) is 3.40. The Morgan fingerprint density at radius 2 is 2.05 bits per heavy atom. The number of aromatic nitrogens is 2. The largest absolute Gasteiger partial charge is 0.343 e. The van der Waals surface area contributed by atoms with E-state index >= 15 is 0 Å². The Bertz CT molecular complexity index is 733. The number of rotatable bonds is 4. The summed E-state index contributed by atoms with van der Waals surface area (Å²) in [6, 6.07) is 9.72. The van der Waals surface area contributed by atoms with Crippen LogP contribution in [0.1, 0.15) is 11.1 Å². The minimum Gasteiger partial charge on any atom is -0.343 e. The van der Waals surface area contributed by atoms with Crippen LogP contribution in [0.2, 0.25) is 0 Å². The molecule has 2 N–H and O–H groups in total. The molecule has 2 aromatic heterocycles. The molecule has 0 radical (unpaired) electrons. The standard InChI is InChI=1S/C16H16FN3/c17-14-7-12(8-19-9-14)10-20-11-13(5-6-18)15-3-1-2-4-16(15)20/h1-4,7-9,11H,5-6,10,18H2. The highest BCUT2D eigenvalue weighted by atomic mass is 19.1. The fourth-order valence-corrected chi connectivity index (χ4v) is 2.55. The van der Waals surface area contributed by atoms with Crippen LogP contribution in [0, 0.1) is 5.82 Å². The van der Waals surface area contributed by atoms with Crippen molar-refractivity contribution >= 4 is 10.9 Å². The molecule has 102 valence electrons. The minimum atomic E-state index is -0.304. The van der Waals surface area contributed by atoms with Crippen molar-refractivity contribution < 1.29 is 4.39 Å². The first-order valence-corrected chi connectivity index (χ1v) is 6.64. The highest BCUT2D eigenvalue weighted by Gasteiger charge is 2.08. The molecule has 0 saturated heterocycles. The monoisotopic (exact) mass is 269 g/mol. The molecule has 3 aromatic rings. The van der Waals surface area contributed by atoms with Crippen LogP contribution in [-0.4, -0.2) is 16.1 Å². The van der Waals surface area contributed by atoms with Gasteiger partial charge < -0.3 is 10.3 Å². The van der Waals surface area contributed by atoms with Gasteiger partial charge in [0.1, 0.15) is 5.82 Å². The van der Waals surface area contributed by atoms with Gasteiger partial charge in [-0.05, 0) is 36.2 Å². The second-order valence-corrected chi connectivity index (χ2v) is 4.85. The van der Waals surface area contributed by atoms with Crippen LogP contribution in [0.4, 0.5) is 4.39 Å². The van der Waals surface area contributed by atoms with E-state index in [-0.39, 0.29) is 5.82 Å². The summed E-state index contributed by atoms with van der Waals surface area (Å²) in [5, 5.41) is 1.21. The lowest BCUT2D eigenvalue weighted by Crippen LogP contribution is -2.02. The van der Waals surface area contributed by atoms with Gasteiger partial charge in [-0.2, -0.15) is 0 Å². The lowest BCUT2D eigenvalue weighted by molar-refractivity contribution is 0.616. The Hall–Kier alpha value is -2.20. The maximum absolute atomic E-state index is 13.2. The molecular weight excluding hydrogens is 253 g/mol. The van der Waals surface area contributed by atoms with E-state index in [1.165, 1.54) is 23.2 Å². The fraction of sp³-hybridized carbons (Fsp3) is 0.188. The van der Waals surface area contributed by atoms with Gasteiger partial charge in [-0.1, -0.05) is 18.2 Å². The van der Waals surface area contributed by atoms with Gasteiger partial charge in [-0.3, -0.25) is 4.98 Å². The molecule has 20 heavy (non-hydrogen) atoms. The van der Waals surface area contributed by atoms with Crippen LogP contribution in [0.3, 0.4) is 0 Å². The molecule has 1 aromatic carbocycles. The molecule has 4 heteroatoms. The molecule has 0 atom stereocenters. The van der Waals surface area contributed by atoms with Gasteiger partial charge in [0, 0.05) is 29.8 Å². The van der Waals surface area contributed by atoms with Gasteiger partial charge in [0.2, 0.25) is 0 Å². The van der Waals surface area contributed by atoms with Crippen LogP contribution in [0.5, 0.6) is 0 Å². The number of nitrogens with two attached hydrogens (primary N) is 1. The summed E-state index contributed by atoms with van der Waals surface area (Å²) in [7, 11) is 0. The Labute approximate surface area is 116 Å². The zero-order valence-electron chi connectivity index (χ0n) is 11.1. The predicted molar refractivity (Wildman–Crippen MR) is 78.0 cm³/mol. The number of para-hydroxylation sites is 1. The third-order valence-electron chi connectivity index (χ3n) is 3.40. The summed E-state index contributed by atoms with van der Waals surface area (Å²) in [5.41, 5.74) is 8.88. The molecule has 2 heterocycles. The number of pyridine rings is 1. The van der Waals surface area contributed by atoms with E-state index in [9.17, 15) is 4.39 Å². The first-order valence-electron chi connectivity index (χ1n) is 6.64. The van der Waals surface area contributed by atoms with E-state index in [1.54, 1.807) is 6.20 Å². The van der Waals surface area contributed by atoms with Gasteiger partial charge in [-0.15, -0.1) is 0 Å². The summed E-state index contributed by atoms with van der Waals surface area (Å²) in [4.78, 5) is 3.90. The smallest absolute Gasteiger partial charge is 0.141 e. The van der Waals surface area contributed by atoms with E-state index in [1.807, 2.05) is 12.1 Å². The molecule has 3 nitrogen and oxygen atoms in total. The molecule has 0 aliphatic heterocycles. The van der Waals surface area contributed by atoms with Gasteiger partial charge in [0.25, 0.3) is 0 Å². The fourth-order valence-electron chi connectivity index (χ4n) is 2.55. The molecular formula is C16H16FN3. The van der Waals surface area contributed by atoms with Crippen molar-refractivity contribution in [2.45, 2.75) is 13.0 Å². The second kappa shape index (κ2) is 5.43. The van der Waals surface area contributed by atoms with Gasteiger partial charge >= 0.3 is 0 Å². The Balaban J connectivity index is 2.03. The summed E-state index contributed by atoms with van der Waals surface area (Å²) in [5.74, 6) is -0.304. The maximum atomic E-state index is 13.2. The molecule has 0 aliphatic carbocycles. The quantitative estimate of drug-likeness (QED) is 0.791. The van der Waals surface area contributed by atoms with Gasteiger partial charge in [0.15, 0.2) is 0 Å². The zero-order valence-corrected chi connectivity index (χ0v) is 11.1. The Morgan fingerprint density at radius 1 is 1.20 bits per heavy atom. The normalized spacial score (nSPS) is 11.1. The van der Waals surface area contributed by atoms with E-state index in [2.05, 4.69) is 27.9 Å². The molecule has 0 aliphatic rings.